The molecule has 1 aromatic carbocycles. The number of sulfone groups is 1. The number of nitrogens with zero attached hydrogens (tertiary/aromatic N) is 3. The minimum Gasteiger partial charge on any atom is -0.471 e. The first-order valence-corrected chi connectivity index (χ1v) is 10.2. The molecule has 2 heterocycles. The van der Waals surface area contributed by atoms with Crippen molar-refractivity contribution in [2.75, 3.05) is 18.8 Å². The summed E-state index contributed by atoms with van der Waals surface area (Å²) in [6.45, 7) is 1.05. The Labute approximate surface area is 152 Å². The molecule has 0 N–H and O–H groups in total. The van der Waals surface area contributed by atoms with Gasteiger partial charge in [-0.1, -0.05) is 18.2 Å². The molecule has 0 radical (unpaired) electrons. The van der Waals surface area contributed by atoms with Crippen LogP contribution in [-0.4, -0.2) is 54.4 Å². The van der Waals surface area contributed by atoms with E-state index in [0.29, 0.717) is 19.0 Å². The highest BCUT2D eigenvalue weighted by atomic mass is 32.2. The van der Waals surface area contributed by atoms with E-state index < -0.39 is 9.84 Å². The lowest BCUT2D eigenvalue weighted by Crippen LogP contribution is -2.44. The van der Waals surface area contributed by atoms with Gasteiger partial charge in [-0.15, -0.1) is 5.10 Å². The summed E-state index contributed by atoms with van der Waals surface area (Å²) >= 11 is 0. The molecule has 0 bridgehead atoms. The Hall–Kier alpha value is -2.48. The summed E-state index contributed by atoms with van der Waals surface area (Å²) in [5, 5.41) is 7.66. The molecule has 1 aliphatic heterocycles. The van der Waals surface area contributed by atoms with E-state index in [1.807, 2.05) is 0 Å². The minimum absolute atomic E-state index is 0.0326. The van der Waals surface area contributed by atoms with E-state index in [-0.39, 0.29) is 29.1 Å². The van der Waals surface area contributed by atoms with Gasteiger partial charge in [0.25, 0.3) is 0 Å². The summed E-state index contributed by atoms with van der Waals surface area (Å²) in [5.74, 6) is 0.0672. The second kappa shape index (κ2) is 8.27. The van der Waals surface area contributed by atoms with Crippen molar-refractivity contribution in [2.24, 2.45) is 0 Å². The number of rotatable bonds is 6. The van der Waals surface area contributed by atoms with Crippen molar-refractivity contribution in [3.63, 3.8) is 0 Å². The van der Waals surface area contributed by atoms with Crippen molar-refractivity contribution in [2.45, 2.75) is 30.3 Å². The Balaban J connectivity index is 1.54. The number of carbonyl (C=O) groups excluding carboxylic acids is 1. The fourth-order valence-corrected chi connectivity index (χ4v) is 4.16. The molecular formula is C18H21N3O4S. The Morgan fingerprint density at radius 2 is 2.00 bits per heavy atom. The number of benzene rings is 1. The summed E-state index contributed by atoms with van der Waals surface area (Å²) in [6.07, 6.45) is 3.01. The number of hydrogen-bond donors (Lipinski definition) is 0. The molecule has 1 unspecified atom stereocenters. The van der Waals surface area contributed by atoms with Crippen LogP contribution in [0.1, 0.15) is 19.3 Å². The van der Waals surface area contributed by atoms with Gasteiger partial charge in [0.05, 0.1) is 17.2 Å². The lowest BCUT2D eigenvalue weighted by atomic mass is 10.1. The number of aromatic nitrogens is 2. The second-order valence-electron chi connectivity index (χ2n) is 6.17. The van der Waals surface area contributed by atoms with Gasteiger partial charge in [-0.3, -0.25) is 4.79 Å². The average Bonchev–Trinajstić information content (AvgIpc) is 2.68. The number of hydrogen-bond acceptors (Lipinski definition) is 6. The zero-order chi connectivity index (χ0) is 18.4. The van der Waals surface area contributed by atoms with E-state index in [1.165, 1.54) is 0 Å². The molecule has 1 aromatic heterocycles. The Bertz CT molecular complexity index is 828. The molecule has 8 heteroatoms. The van der Waals surface area contributed by atoms with Crippen molar-refractivity contribution < 1.29 is 17.9 Å². The third-order valence-electron chi connectivity index (χ3n) is 4.25. The Morgan fingerprint density at radius 1 is 1.19 bits per heavy atom. The number of carbonyl (C=O) groups is 1. The molecule has 1 aliphatic rings. The quantitative estimate of drug-likeness (QED) is 0.764. The molecule has 26 heavy (non-hydrogen) atoms. The van der Waals surface area contributed by atoms with Gasteiger partial charge in [0.1, 0.15) is 6.10 Å². The number of likely N-dealkylation sites (tertiary alicyclic amines) is 1. The smallest absolute Gasteiger partial charge is 0.233 e. The van der Waals surface area contributed by atoms with Crippen LogP contribution in [-0.2, 0) is 14.6 Å². The van der Waals surface area contributed by atoms with Crippen LogP contribution in [0.4, 0.5) is 0 Å². The van der Waals surface area contributed by atoms with Crippen LogP contribution in [0.2, 0.25) is 0 Å². The van der Waals surface area contributed by atoms with E-state index >= 15 is 0 Å². The van der Waals surface area contributed by atoms with Gasteiger partial charge in [0.2, 0.25) is 11.8 Å². The standard InChI is InChI=1S/C18H21N3O4S/c22-18(10-13-26(23,24)16-7-2-1-3-8-16)21-12-5-6-15(14-21)25-17-9-4-11-19-20-17/h1-4,7-9,11,15H,5-6,10,12-14H2. The normalized spacial score (nSPS) is 17.7. The SMILES string of the molecule is O=C(CCS(=O)(=O)c1ccccc1)N1CCCC(Oc2cccnn2)C1. The van der Waals surface area contributed by atoms with Gasteiger partial charge in [-0.2, -0.15) is 5.10 Å². The van der Waals surface area contributed by atoms with E-state index in [2.05, 4.69) is 10.2 Å². The third kappa shape index (κ3) is 4.78. The van der Waals surface area contributed by atoms with E-state index in [4.69, 9.17) is 4.74 Å². The molecular weight excluding hydrogens is 354 g/mol. The highest BCUT2D eigenvalue weighted by Gasteiger charge is 2.26. The Kier molecular flexibility index (Phi) is 5.82. The van der Waals surface area contributed by atoms with Crippen LogP contribution >= 0.6 is 0 Å². The van der Waals surface area contributed by atoms with Crippen LogP contribution in [0.3, 0.4) is 0 Å². The van der Waals surface area contributed by atoms with Crippen molar-refractivity contribution in [3.05, 3.63) is 48.7 Å². The van der Waals surface area contributed by atoms with E-state index in [1.54, 1.807) is 53.6 Å². The molecule has 0 aliphatic carbocycles. The maximum atomic E-state index is 12.5. The van der Waals surface area contributed by atoms with Crippen LogP contribution in [0, 0.1) is 0 Å². The zero-order valence-electron chi connectivity index (χ0n) is 14.3. The van der Waals surface area contributed by atoms with Gasteiger partial charge < -0.3 is 9.64 Å². The van der Waals surface area contributed by atoms with Crippen molar-refractivity contribution in [1.82, 2.24) is 15.1 Å². The molecule has 1 fully saturated rings. The number of ether oxygens (including phenoxy) is 1. The maximum Gasteiger partial charge on any atom is 0.233 e. The minimum atomic E-state index is -3.45. The number of piperidine rings is 1. The lowest BCUT2D eigenvalue weighted by Gasteiger charge is -2.32. The molecule has 1 amide bonds. The first-order chi connectivity index (χ1) is 12.5. The van der Waals surface area contributed by atoms with Crippen molar-refractivity contribution in [1.29, 1.82) is 0 Å². The molecule has 3 rings (SSSR count). The molecule has 0 saturated carbocycles. The lowest BCUT2D eigenvalue weighted by molar-refractivity contribution is -0.133. The van der Waals surface area contributed by atoms with E-state index in [0.717, 1.165) is 12.8 Å². The molecule has 1 atom stereocenters. The summed E-state index contributed by atoms with van der Waals surface area (Å²) in [4.78, 5) is 14.4. The topological polar surface area (TPSA) is 89.5 Å². The van der Waals surface area contributed by atoms with Gasteiger partial charge in [0.15, 0.2) is 9.84 Å². The van der Waals surface area contributed by atoms with Crippen LogP contribution < -0.4 is 4.74 Å². The molecule has 138 valence electrons. The fraction of sp³-hybridized carbons (Fsp3) is 0.389. The van der Waals surface area contributed by atoms with Crippen LogP contribution in [0.5, 0.6) is 5.88 Å². The largest absolute Gasteiger partial charge is 0.471 e. The van der Waals surface area contributed by atoms with Crippen molar-refractivity contribution >= 4 is 15.7 Å². The van der Waals surface area contributed by atoms with Gasteiger partial charge in [0, 0.05) is 25.2 Å². The molecule has 2 aromatic rings. The van der Waals surface area contributed by atoms with Crippen LogP contribution in [0.15, 0.2) is 53.6 Å². The first-order valence-electron chi connectivity index (χ1n) is 8.54. The predicted octanol–water partition coefficient (Wildman–Crippen LogP) is 1.71. The Morgan fingerprint density at radius 3 is 2.73 bits per heavy atom. The molecule has 7 nitrogen and oxygen atoms in total. The summed E-state index contributed by atoms with van der Waals surface area (Å²) in [5.41, 5.74) is 0. The first kappa shape index (κ1) is 18.3. The van der Waals surface area contributed by atoms with Crippen molar-refractivity contribution in [3.8, 4) is 5.88 Å². The van der Waals surface area contributed by atoms with E-state index in [9.17, 15) is 13.2 Å². The summed E-state index contributed by atoms with van der Waals surface area (Å²) in [7, 11) is -3.45. The molecule has 0 spiro atoms. The van der Waals surface area contributed by atoms with Crippen LogP contribution in [0.25, 0.3) is 0 Å². The number of amides is 1. The highest BCUT2D eigenvalue weighted by molar-refractivity contribution is 7.91. The monoisotopic (exact) mass is 375 g/mol. The third-order valence-corrected chi connectivity index (χ3v) is 5.99. The average molecular weight is 375 g/mol. The summed E-state index contributed by atoms with van der Waals surface area (Å²) < 4.78 is 30.4. The highest BCUT2D eigenvalue weighted by Crippen LogP contribution is 2.18. The second-order valence-corrected chi connectivity index (χ2v) is 8.27. The predicted molar refractivity (Wildman–Crippen MR) is 95.4 cm³/mol. The van der Waals surface area contributed by atoms with Gasteiger partial charge in [-0.25, -0.2) is 8.42 Å². The molecule has 1 saturated heterocycles. The van der Waals surface area contributed by atoms with Gasteiger partial charge >= 0.3 is 0 Å². The maximum absolute atomic E-state index is 12.5. The fourth-order valence-electron chi connectivity index (χ4n) is 2.91. The summed E-state index contributed by atoms with van der Waals surface area (Å²) in [6, 6.07) is 11.7. The van der Waals surface area contributed by atoms with Gasteiger partial charge in [-0.05, 0) is 31.0 Å². The zero-order valence-corrected chi connectivity index (χ0v) is 15.1.